The van der Waals surface area contributed by atoms with E-state index in [1.807, 2.05) is 24.8 Å². The van der Waals surface area contributed by atoms with Crippen LogP contribution >= 0.6 is 22.9 Å². The fraction of sp³-hybridized carbons (Fsp3) is 0.469. The molecule has 0 radical (unpaired) electrons. The Balaban J connectivity index is 0.000000326. The molecule has 0 spiro atoms. The molecule has 2 unspecified atom stereocenters. The Hall–Kier alpha value is -3.51. The van der Waals surface area contributed by atoms with E-state index in [1.165, 1.54) is 25.1 Å². The van der Waals surface area contributed by atoms with Gasteiger partial charge in [0.15, 0.2) is 5.82 Å². The summed E-state index contributed by atoms with van der Waals surface area (Å²) in [4.78, 5) is 23.5. The van der Waals surface area contributed by atoms with Crippen molar-refractivity contribution in [3.8, 4) is 17.2 Å². The highest BCUT2D eigenvalue weighted by Gasteiger charge is 2.34. The summed E-state index contributed by atoms with van der Waals surface area (Å²) in [5, 5.41) is 13.9. The second kappa shape index (κ2) is 14.7. The number of benzene rings is 2. The highest BCUT2D eigenvalue weighted by molar-refractivity contribution is 7.23. The SMILES string of the molecule is CC.CC(F)(F)F.C[C@@H]1CCN1C.N#Cc1c(N)sc2c(F)ccc(-c3c(Cl)cc4c(N5CC6CCC(C5)N6)nc(=O)[nH]c4c3F)c12. The minimum absolute atomic E-state index is 0.0401. The molecular formula is C32H37ClF5N7OS. The molecule has 47 heavy (non-hydrogen) atoms. The number of halogens is 6. The van der Waals surface area contributed by atoms with Gasteiger partial charge in [-0.05, 0) is 57.5 Å². The molecule has 3 fully saturated rings. The number of hydrogen-bond acceptors (Lipinski definition) is 8. The molecule has 5 heterocycles. The van der Waals surface area contributed by atoms with E-state index in [4.69, 9.17) is 17.3 Å². The lowest BCUT2D eigenvalue weighted by Crippen LogP contribution is -2.51. The van der Waals surface area contributed by atoms with E-state index in [2.05, 4.69) is 34.2 Å². The fourth-order valence-electron chi connectivity index (χ4n) is 5.82. The summed E-state index contributed by atoms with van der Waals surface area (Å²) >= 11 is 7.53. The lowest BCUT2D eigenvalue weighted by atomic mass is 9.97. The number of nitriles is 1. The number of nitrogens with two attached hydrogens (primary N) is 1. The van der Waals surface area contributed by atoms with E-state index < -0.39 is 23.5 Å². The Kier molecular flexibility index (Phi) is 11.4. The number of nitrogen functional groups attached to an aromatic ring is 1. The number of aromatic nitrogens is 2. The Morgan fingerprint density at radius 2 is 1.74 bits per heavy atom. The predicted octanol–water partition coefficient (Wildman–Crippen LogP) is 7.44. The highest BCUT2D eigenvalue weighted by atomic mass is 35.5. The van der Waals surface area contributed by atoms with Crippen molar-refractivity contribution in [1.29, 1.82) is 5.26 Å². The van der Waals surface area contributed by atoms with Crippen molar-refractivity contribution < 1.29 is 22.0 Å². The number of hydrogen-bond donors (Lipinski definition) is 3. The van der Waals surface area contributed by atoms with Crippen LogP contribution in [0.2, 0.25) is 5.02 Å². The van der Waals surface area contributed by atoms with Crippen LogP contribution in [0.1, 0.15) is 52.5 Å². The third kappa shape index (κ3) is 7.97. The van der Waals surface area contributed by atoms with Gasteiger partial charge in [0.2, 0.25) is 0 Å². The van der Waals surface area contributed by atoms with Crippen molar-refractivity contribution in [3.63, 3.8) is 0 Å². The maximum atomic E-state index is 16.1. The summed E-state index contributed by atoms with van der Waals surface area (Å²) in [6, 6.07) is 7.54. The molecule has 3 saturated heterocycles. The molecular weight excluding hydrogens is 661 g/mol. The van der Waals surface area contributed by atoms with Gasteiger partial charge in [0.25, 0.3) is 0 Å². The molecule has 15 heteroatoms. The van der Waals surface area contributed by atoms with Gasteiger partial charge in [-0.25, -0.2) is 13.6 Å². The van der Waals surface area contributed by atoms with E-state index >= 15 is 4.39 Å². The molecule has 3 aliphatic heterocycles. The van der Waals surface area contributed by atoms with Crippen molar-refractivity contribution >= 4 is 54.7 Å². The molecule has 2 aromatic heterocycles. The zero-order chi connectivity index (χ0) is 34.8. The summed E-state index contributed by atoms with van der Waals surface area (Å²) in [7, 11) is 2.16. The molecule has 254 valence electrons. The molecule has 8 nitrogen and oxygen atoms in total. The normalized spacial score (nSPS) is 20.3. The van der Waals surface area contributed by atoms with Crippen LogP contribution in [-0.4, -0.2) is 65.9 Å². The largest absolute Gasteiger partial charge is 0.389 e. The third-order valence-electron chi connectivity index (χ3n) is 8.27. The lowest BCUT2D eigenvalue weighted by Gasteiger charge is -2.34. The average Bonchev–Trinajstić information content (AvgIpc) is 3.55. The van der Waals surface area contributed by atoms with Crippen LogP contribution in [-0.2, 0) is 0 Å². The second-order valence-electron chi connectivity index (χ2n) is 11.5. The quantitative estimate of drug-likeness (QED) is 0.187. The van der Waals surface area contributed by atoms with Crippen LogP contribution in [0.25, 0.3) is 32.1 Å². The minimum atomic E-state index is -4.00. The summed E-state index contributed by atoms with van der Waals surface area (Å²) in [5.74, 6) is -0.961. The van der Waals surface area contributed by atoms with E-state index in [-0.39, 0.29) is 61.3 Å². The molecule has 4 aromatic rings. The number of aromatic amines is 1. The van der Waals surface area contributed by atoms with Gasteiger partial charge in [-0.1, -0.05) is 31.5 Å². The topological polar surface area (TPSA) is 114 Å². The number of anilines is 2. The van der Waals surface area contributed by atoms with Gasteiger partial charge in [0.1, 0.15) is 22.7 Å². The molecule has 7 rings (SSSR count). The van der Waals surface area contributed by atoms with E-state index in [1.54, 1.807) is 6.07 Å². The number of nitrogens with one attached hydrogen (secondary N) is 2. The third-order valence-corrected chi connectivity index (χ3v) is 9.59. The van der Waals surface area contributed by atoms with E-state index in [9.17, 15) is 27.6 Å². The maximum Gasteiger partial charge on any atom is 0.386 e. The van der Waals surface area contributed by atoms with Crippen LogP contribution in [0.3, 0.4) is 0 Å². The van der Waals surface area contributed by atoms with Crippen LogP contribution in [0.15, 0.2) is 23.0 Å². The second-order valence-corrected chi connectivity index (χ2v) is 13.0. The van der Waals surface area contributed by atoms with Crippen LogP contribution < -0.4 is 21.6 Å². The molecule has 3 atom stereocenters. The molecule has 3 aliphatic rings. The Labute approximate surface area is 278 Å². The first-order chi connectivity index (χ1) is 22.2. The first kappa shape index (κ1) is 36.3. The summed E-state index contributed by atoms with van der Waals surface area (Å²) in [6.07, 6.45) is -0.531. The lowest BCUT2D eigenvalue weighted by molar-refractivity contribution is -0.110. The summed E-state index contributed by atoms with van der Waals surface area (Å²) < 4.78 is 61.8. The number of piperazine rings is 1. The number of fused-ring (bicyclic) bond motifs is 4. The van der Waals surface area contributed by atoms with Crippen molar-refractivity contribution in [2.45, 2.75) is 71.3 Å². The first-order valence-electron chi connectivity index (χ1n) is 15.3. The van der Waals surface area contributed by atoms with Crippen LogP contribution in [0.4, 0.5) is 32.8 Å². The number of nitrogens with zero attached hydrogens (tertiary/aromatic N) is 4. The minimum Gasteiger partial charge on any atom is -0.389 e. The van der Waals surface area contributed by atoms with Crippen molar-refractivity contribution in [2.24, 2.45) is 0 Å². The number of rotatable bonds is 2. The van der Waals surface area contributed by atoms with Crippen molar-refractivity contribution in [3.05, 3.63) is 50.9 Å². The fourth-order valence-corrected chi connectivity index (χ4v) is 7.06. The monoisotopic (exact) mass is 697 g/mol. The Morgan fingerprint density at radius 3 is 2.26 bits per heavy atom. The zero-order valence-electron chi connectivity index (χ0n) is 26.7. The molecule has 2 bridgehead atoms. The van der Waals surface area contributed by atoms with E-state index in [0.29, 0.717) is 24.3 Å². The summed E-state index contributed by atoms with van der Waals surface area (Å²) in [5.41, 5.74) is 5.46. The zero-order valence-corrected chi connectivity index (χ0v) is 28.2. The van der Waals surface area contributed by atoms with Crippen molar-refractivity contribution in [1.82, 2.24) is 20.2 Å². The van der Waals surface area contributed by atoms with Crippen LogP contribution in [0, 0.1) is 23.0 Å². The number of likely N-dealkylation sites (tertiary alicyclic amines) is 1. The number of alkyl halides is 3. The smallest absolute Gasteiger partial charge is 0.386 e. The maximum absolute atomic E-state index is 16.1. The van der Waals surface area contributed by atoms with E-state index in [0.717, 1.165) is 30.2 Å². The van der Waals surface area contributed by atoms with Gasteiger partial charge in [-0.15, -0.1) is 11.3 Å². The molecule has 0 aliphatic carbocycles. The van der Waals surface area contributed by atoms with Crippen molar-refractivity contribution in [2.75, 3.05) is 37.3 Å². The Morgan fingerprint density at radius 1 is 1.15 bits per heavy atom. The van der Waals surface area contributed by atoms with Gasteiger partial charge in [0, 0.05) is 54.5 Å². The molecule has 2 aromatic carbocycles. The number of thiophene rings is 1. The predicted molar refractivity (Wildman–Crippen MR) is 179 cm³/mol. The van der Waals surface area contributed by atoms with Gasteiger partial charge < -0.3 is 25.8 Å². The van der Waals surface area contributed by atoms with Gasteiger partial charge in [0.05, 0.1) is 20.8 Å². The molecule has 0 amide bonds. The first-order valence-corrected chi connectivity index (χ1v) is 16.5. The standard InChI is InChI=1S/C23H17ClF2N6OS.C5H11N.C2H3F3.C2H6/c24-14-5-12-19(30-23(33)31-22(12)32-7-9-1-2-10(8-32)29-9)18(26)17(14)11-3-4-15(25)20-16(11)13(6-27)21(28)34-20;1-5-3-4-6(5)2;1-2(3,4)5;1-2/h3-5,9-10,29H,1-2,7-8,28H2,(H,30,31,33);5H,3-4H2,1-2H3;1H3;1-2H3/t;5-;;/m.1../s1. The number of H-pyrrole nitrogens is 1. The van der Waals surface area contributed by atoms with Gasteiger partial charge in [-0.2, -0.15) is 23.4 Å². The van der Waals surface area contributed by atoms with Gasteiger partial charge in [-0.3, -0.25) is 0 Å². The molecule has 0 saturated carbocycles. The average molecular weight is 698 g/mol. The van der Waals surface area contributed by atoms with Crippen LogP contribution in [0.5, 0.6) is 0 Å². The summed E-state index contributed by atoms with van der Waals surface area (Å²) in [6.45, 7) is 9.06. The Bertz CT molecular complexity index is 1830. The van der Waals surface area contributed by atoms with Gasteiger partial charge >= 0.3 is 11.9 Å². The highest BCUT2D eigenvalue weighted by Crippen LogP contribution is 2.45. The molecule has 4 N–H and O–H groups in total.